The predicted molar refractivity (Wildman–Crippen MR) is 69.1 cm³/mol. The van der Waals surface area contributed by atoms with Crippen molar-refractivity contribution in [3.05, 3.63) is 23.3 Å². The van der Waals surface area contributed by atoms with Crippen molar-refractivity contribution in [2.45, 2.75) is 27.7 Å². The van der Waals surface area contributed by atoms with Crippen LogP contribution in [0.15, 0.2) is 12.1 Å². The molecule has 1 rings (SSSR count). The first-order valence-electron chi connectivity index (χ1n) is 5.79. The molecule has 1 aromatic rings. The molecule has 100 valence electrons. The molecule has 0 aliphatic carbocycles. The van der Waals surface area contributed by atoms with E-state index >= 15 is 0 Å². The molecule has 0 amide bonds. The normalized spacial score (nSPS) is 11.2. The largest absolute Gasteiger partial charge is 0.507 e. The number of aryl methyl sites for hydroxylation is 1. The minimum atomic E-state index is -0.601. The number of methoxy groups -OCH3 is 1. The van der Waals surface area contributed by atoms with Gasteiger partial charge in [0.15, 0.2) is 0 Å². The first-order chi connectivity index (χ1) is 8.24. The third-order valence-electron chi connectivity index (χ3n) is 2.28. The van der Waals surface area contributed by atoms with Gasteiger partial charge >= 0.3 is 5.97 Å². The van der Waals surface area contributed by atoms with E-state index in [2.05, 4.69) is 4.74 Å². The number of carbonyl (C=O) groups is 1. The van der Waals surface area contributed by atoms with Crippen LogP contribution in [0.2, 0.25) is 0 Å². The SMILES string of the molecule is COC(=O)c1c(O)cc(C)cc1OCC(C)(C)C. The lowest BCUT2D eigenvalue weighted by Gasteiger charge is -2.20. The molecular formula is C14H20O4. The number of hydrogen-bond donors (Lipinski definition) is 1. The lowest BCUT2D eigenvalue weighted by Crippen LogP contribution is -2.18. The number of benzene rings is 1. The van der Waals surface area contributed by atoms with Gasteiger partial charge in [-0.05, 0) is 30.0 Å². The average molecular weight is 252 g/mol. The maximum absolute atomic E-state index is 11.6. The number of rotatable bonds is 3. The van der Waals surface area contributed by atoms with Gasteiger partial charge < -0.3 is 14.6 Å². The molecule has 0 aliphatic rings. The van der Waals surface area contributed by atoms with Crippen molar-refractivity contribution in [3.8, 4) is 11.5 Å². The van der Waals surface area contributed by atoms with Gasteiger partial charge in [0.1, 0.15) is 17.1 Å². The zero-order chi connectivity index (χ0) is 13.9. The molecule has 18 heavy (non-hydrogen) atoms. The molecule has 0 bridgehead atoms. The van der Waals surface area contributed by atoms with Crippen LogP contribution in [0, 0.1) is 12.3 Å². The second-order valence-electron chi connectivity index (χ2n) is 5.50. The summed E-state index contributed by atoms with van der Waals surface area (Å²) in [6, 6.07) is 3.23. The van der Waals surface area contributed by atoms with E-state index in [1.807, 2.05) is 27.7 Å². The minimum absolute atomic E-state index is 0.0350. The van der Waals surface area contributed by atoms with Crippen LogP contribution in [0.5, 0.6) is 11.5 Å². The molecule has 4 nitrogen and oxygen atoms in total. The molecule has 0 saturated heterocycles. The average Bonchev–Trinajstić information content (AvgIpc) is 2.23. The number of aromatic hydroxyl groups is 1. The Hall–Kier alpha value is -1.71. The lowest BCUT2D eigenvalue weighted by molar-refractivity contribution is 0.0590. The Morgan fingerprint density at radius 3 is 2.44 bits per heavy atom. The van der Waals surface area contributed by atoms with Crippen LogP contribution in [-0.4, -0.2) is 24.8 Å². The van der Waals surface area contributed by atoms with Gasteiger partial charge in [-0.1, -0.05) is 20.8 Å². The van der Waals surface area contributed by atoms with E-state index in [0.29, 0.717) is 12.4 Å². The highest BCUT2D eigenvalue weighted by Gasteiger charge is 2.21. The standard InChI is InChI=1S/C14H20O4/c1-9-6-10(15)12(13(16)17-5)11(7-9)18-8-14(2,3)4/h6-7,15H,8H2,1-5H3. The third kappa shape index (κ3) is 3.65. The van der Waals surface area contributed by atoms with Crippen molar-refractivity contribution in [2.24, 2.45) is 5.41 Å². The fraction of sp³-hybridized carbons (Fsp3) is 0.500. The third-order valence-corrected chi connectivity index (χ3v) is 2.28. The molecule has 1 aromatic carbocycles. The molecule has 4 heteroatoms. The van der Waals surface area contributed by atoms with Gasteiger partial charge in [-0.25, -0.2) is 4.79 Å². The molecule has 0 spiro atoms. The molecule has 0 aliphatic heterocycles. The molecule has 0 atom stereocenters. The van der Waals surface area contributed by atoms with E-state index in [1.165, 1.54) is 13.2 Å². The summed E-state index contributed by atoms with van der Waals surface area (Å²) in [6.07, 6.45) is 0. The molecule has 1 N–H and O–H groups in total. The molecule has 0 radical (unpaired) electrons. The van der Waals surface area contributed by atoms with Gasteiger partial charge in [-0.2, -0.15) is 0 Å². The topological polar surface area (TPSA) is 55.8 Å². The van der Waals surface area contributed by atoms with E-state index in [1.54, 1.807) is 6.07 Å². The summed E-state index contributed by atoms with van der Waals surface area (Å²) in [6.45, 7) is 8.35. The van der Waals surface area contributed by atoms with Crippen molar-refractivity contribution < 1.29 is 19.4 Å². The number of phenols is 1. The quantitative estimate of drug-likeness (QED) is 0.840. The Balaban J connectivity index is 3.12. The lowest BCUT2D eigenvalue weighted by atomic mass is 9.98. The fourth-order valence-electron chi connectivity index (χ4n) is 1.45. The van der Waals surface area contributed by atoms with Crippen LogP contribution in [0.25, 0.3) is 0 Å². The highest BCUT2D eigenvalue weighted by Crippen LogP contribution is 2.31. The first-order valence-corrected chi connectivity index (χ1v) is 5.79. The molecule has 0 heterocycles. The van der Waals surface area contributed by atoms with Crippen LogP contribution in [0.3, 0.4) is 0 Å². The van der Waals surface area contributed by atoms with Crippen LogP contribution < -0.4 is 4.74 Å². The number of phenolic OH excluding ortho intramolecular Hbond substituents is 1. The zero-order valence-corrected chi connectivity index (χ0v) is 11.5. The molecule has 0 aromatic heterocycles. The smallest absolute Gasteiger partial charge is 0.345 e. The zero-order valence-electron chi connectivity index (χ0n) is 11.5. The van der Waals surface area contributed by atoms with Gasteiger partial charge in [0.2, 0.25) is 0 Å². The van der Waals surface area contributed by atoms with E-state index < -0.39 is 5.97 Å². The van der Waals surface area contributed by atoms with Crippen molar-refractivity contribution in [1.82, 2.24) is 0 Å². The fourth-order valence-corrected chi connectivity index (χ4v) is 1.45. The Bertz CT molecular complexity index is 444. The van der Waals surface area contributed by atoms with Crippen molar-refractivity contribution >= 4 is 5.97 Å². The van der Waals surface area contributed by atoms with Gasteiger partial charge in [-0.3, -0.25) is 0 Å². The summed E-state index contributed by atoms with van der Waals surface area (Å²) in [5.41, 5.74) is 0.864. The highest BCUT2D eigenvalue weighted by molar-refractivity contribution is 5.95. The molecule has 0 unspecified atom stereocenters. The second-order valence-corrected chi connectivity index (χ2v) is 5.50. The van der Waals surface area contributed by atoms with Crippen molar-refractivity contribution in [2.75, 3.05) is 13.7 Å². The summed E-state index contributed by atoms with van der Waals surface area (Å²) >= 11 is 0. The maximum Gasteiger partial charge on any atom is 0.345 e. The van der Waals surface area contributed by atoms with E-state index in [0.717, 1.165) is 5.56 Å². The van der Waals surface area contributed by atoms with Gasteiger partial charge in [-0.15, -0.1) is 0 Å². The monoisotopic (exact) mass is 252 g/mol. The molecule has 0 fully saturated rings. The summed E-state index contributed by atoms with van der Waals surface area (Å²) < 4.78 is 10.3. The van der Waals surface area contributed by atoms with Crippen molar-refractivity contribution in [1.29, 1.82) is 0 Å². The number of hydrogen-bond acceptors (Lipinski definition) is 4. The molecule has 0 saturated carbocycles. The predicted octanol–water partition coefficient (Wildman–Crippen LogP) is 2.91. The van der Waals surface area contributed by atoms with Crippen LogP contribution in [0.1, 0.15) is 36.7 Å². The van der Waals surface area contributed by atoms with Gasteiger partial charge in [0.25, 0.3) is 0 Å². The Kier molecular flexibility index (Phi) is 4.22. The number of carbonyl (C=O) groups excluding carboxylic acids is 1. The summed E-state index contributed by atoms with van der Waals surface area (Å²) in [7, 11) is 1.27. The number of ether oxygens (including phenoxy) is 2. The van der Waals surface area contributed by atoms with Crippen LogP contribution in [-0.2, 0) is 4.74 Å². The van der Waals surface area contributed by atoms with Crippen molar-refractivity contribution in [3.63, 3.8) is 0 Å². The highest BCUT2D eigenvalue weighted by atomic mass is 16.5. The Labute approximate surface area is 108 Å². The van der Waals surface area contributed by atoms with E-state index in [-0.39, 0.29) is 16.7 Å². The van der Waals surface area contributed by atoms with E-state index in [9.17, 15) is 9.90 Å². The van der Waals surface area contributed by atoms with Gasteiger partial charge in [0, 0.05) is 0 Å². The maximum atomic E-state index is 11.6. The summed E-state index contributed by atoms with van der Waals surface area (Å²) in [4.78, 5) is 11.6. The summed E-state index contributed by atoms with van der Waals surface area (Å²) in [5, 5.41) is 9.82. The summed E-state index contributed by atoms with van der Waals surface area (Å²) in [5.74, 6) is -0.364. The Morgan fingerprint density at radius 1 is 1.33 bits per heavy atom. The van der Waals surface area contributed by atoms with Crippen LogP contribution in [0.4, 0.5) is 0 Å². The second kappa shape index (κ2) is 5.29. The Morgan fingerprint density at radius 2 is 1.94 bits per heavy atom. The minimum Gasteiger partial charge on any atom is -0.507 e. The number of esters is 1. The molecular weight excluding hydrogens is 232 g/mol. The van der Waals surface area contributed by atoms with Crippen LogP contribution >= 0.6 is 0 Å². The van der Waals surface area contributed by atoms with E-state index in [4.69, 9.17) is 4.74 Å². The van der Waals surface area contributed by atoms with Gasteiger partial charge in [0.05, 0.1) is 13.7 Å². The first kappa shape index (κ1) is 14.4.